The number of likely N-dealkylation sites (tertiary alicyclic amines) is 1. The Kier molecular flexibility index (Phi) is 5.35. The van der Waals surface area contributed by atoms with E-state index in [-0.39, 0.29) is 11.6 Å². The number of benzene rings is 1. The van der Waals surface area contributed by atoms with Gasteiger partial charge in [-0.05, 0) is 61.3 Å². The van der Waals surface area contributed by atoms with Crippen LogP contribution in [0.15, 0.2) is 23.0 Å². The maximum absolute atomic E-state index is 13.3. The zero-order chi connectivity index (χ0) is 21.4. The van der Waals surface area contributed by atoms with E-state index >= 15 is 0 Å². The molecule has 1 aromatic carbocycles. The Morgan fingerprint density at radius 1 is 1.03 bits per heavy atom. The topological polar surface area (TPSA) is 98.2 Å². The fourth-order valence-corrected chi connectivity index (χ4v) is 5.04. The van der Waals surface area contributed by atoms with Gasteiger partial charge < -0.3 is 14.5 Å². The summed E-state index contributed by atoms with van der Waals surface area (Å²) in [6.45, 7) is 1.84. The Labute approximate surface area is 180 Å². The molecule has 0 spiro atoms. The molecule has 2 fully saturated rings. The van der Waals surface area contributed by atoms with E-state index in [9.17, 15) is 4.79 Å². The molecule has 1 unspecified atom stereocenters. The Hall–Kier alpha value is -2.94. The molecule has 0 radical (unpaired) electrons. The predicted molar refractivity (Wildman–Crippen MR) is 116 cm³/mol. The number of fused-ring (bicyclic) bond motifs is 1. The Bertz CT molecular complexity index is 1130. The number of nitrogens with zero attached hydrogens (tertiary/aromatic N) is 5. The van der Waals surface area contributed by atoms with Crippen LogP contribution in [0.1, 0.15) is 62.0 Å². The quantitative estimate of drug-likeness (QED) is 0.650. The number of hydrogen-bond donors (Lipinski definition) is 1. The molecule has 1 N–H and O–H groups in total. The van der Waals surface area contributed by atoms with E-state index in [1.807, 2.05) is 16.8 Å². The molecule has 164 valence electrons. The van der Waals surface area contributed by atoms with E-state index in [4.69, 9.17) is 9.47 Å². The lowest BCUT2D eigenvalue weighted by Gasteiger charge is -2.27. The van der Waals surface area contributed by atoms with Gasteiger partial charge in [-0.15, -0.1) is 5.10 Å². The fraction of sp³-hybridized carbons (Fsp3) is 0.545. The van der Waals surface area contributed by atoms with E-state index in [1.54, 1.807) is 20.3 Å². The smallest absolute Gasteiger partial charge is 0.253 e. The van der Waals surface area contributed by atoms with Gasteiger partial charge in [-0.2, -0.15) is 0 Å². The van der Waals surface area contributed by atoms with Crippen molar-refractivity contribution in [3.05, 3.63) is 39.9 Å². The molecule has 1 aliphatic heterocycles. The van der Waals surface area contributed by atoms with Gasteiger partial charge in [0.1, 0.15) is 6.04 Å². The van der Waals surface area contributed by atoms with Crippen LogP contribution in [0.4, 0.5) is 0 Å². The van der Waals surface area contributed by atoms with Crippen LogP contribution in [0.5, 0.6) is 11.5 Å². The molecule has 0 bridgehead atoms. The third-order valence-electron chi connectivity index (χ3n) is 6.61. The first-order chi connectivity index (χ1) is 15.2. The molecular formula is C22H28N6O3. The highest BCUT2D eigenvalue weighted by Crippen LogP contribution is 2.36. The summed E-state index contributed by atoms with van der Waals surface area (Å²) in [5, 5.41) is 13.7. The molecule has 0 amide bonds. The second kappa shape index (κ2) is 8.30. The zero-order valence-corrected chi connectivity index (χ0v) is 18.0. The van der Waals surface area contributed by atoms with Gasteiger partial charge in [0.05, 0.1) is 25.8 Å². The van der Waals surface area contributed by atoms with Crippen LogP contribution in [-0.2, 0) is 0 Å². The van der Waals surface area contributed by atoms with Gasteiger partial charge in [0.25, 0.3) is 5.56 Å². The molecule has 2 aliphatic rings. The zero-order valence-electron chi connectivity index (χ0n) is 18.0. The number of hydrogen-bond acceptors (Lipinski definition) is 7. The number of aromatic nitrogens is 5. The predicted octanol–water partition coefficient (Wildman–Crippen LogP) is 2.83. The van der Waals surface area contributed by atoms with Gasteiger partial charge >= 0.3 is 0 Å². The lowest BCUT2D eigenvalue weighted by Crippen LogP contribution is -2.33. The molecule has 5 rings (SSSR count). The molecule has 31 heavy (non-hydrogen) atoms. The summed E-state index contributed by atoms with van der Waals surface area (Å²) in [5.74, 6) is 1.97. The van der Waals surface area contributed by atoms with Crippen molar-refractivity contribution in [3.63, 3.8) is 0 Å². The molecular weight excluding hydrogens is 396 g/mol. The van der Waals surface area contributed by atoms with Crippen LogP contribution in [0.3, 0.4) is 0 Å². The van der Waals surface area contributed by atoms with Gasteiger partial charge in [-0.1, -0.05) is 12.8 Å². The first-order valence-corrected chi connectivity index (χ1v) is 11.0. The molecule has 1 saturated heterocycles. The van der Waals surface area contributed by atoms with Gasteiger partial charge in [0, 0.05) is 17.0 Å². The van der Waals surface area contributed by atoms with E-state index < -0.39 is 0 Å². The van der Waals surface area contributed by atoms with Crippen molar-refractivity contribution in [2.24, 2.45) is 0 Å². The lowest BCUT2D eigenvalue weighted by molar-refractivity contribution is 0.256. The number of nitrogens with one attached hydrogen (secondary N) is 1. The normalized spacial score (nSPS) is 18.6. The Balaban J connectivity index is 1.66. The standard InChI is InChI=1S/C22H28N6O3/c1-30-18-12-14-11-16(22(29)23-17(14)13-19(18)31-2)20(27-9-5-6-10-27)21-24-25-26-28(21)15-7-3-4-8-15/h11-13,15,20H,3-10H2,1-2H3,(H,23,29). The summed E-state index contributed by atoms with van der Waals surface area (Å²) in [7, 11) is 3.20. The van der Waals surface area contributed by atoms with Crippen LogP contribution in [0, 0.1) is 0 Å². The minimum atomic E-state index is -0.278. The van der Waals surface area contributed by atoms with Crippen molar-refractivity contribution in [1.29, 1.82) is 0 Å². The minimum absolute atomic E-state index is 0.127. The molecule has 9 heteroatoms. The van der Waals surface area contributed by atoms with Crippen LogP contribution in [-0.4, -0.2) is 57.4 Å². The number of H-pyrrole nitrogens is 1. The average molecular weight is 425 g/mol. The molecule has 3 heterocycles. The molecule has 2 aromatic heterocycles. The van der Waals surface area contributed by atoms with E-state index in [0.29, 0.717) is 28.6 Å². The van der Waals surface area contributed by atoms with Crippen molar-refractivity contribution in [1.82, 2.24) is 30.1 Å². The van der Waals surface area contributed by atoms with Crippen molar-refractivity contribution < 1.29 is 9.47 Å². The highest BCUT2D eigenvalue weighted by atomic mass is 16.5. The molecule has 1 atom stereocenters. The van der Waals surface area contributed by atoms with Crippen LogP contribution < -0.4 is 15.0 Å². The fourth-order valence-electron chi connectivity index (χ4n) is 5.04. The second-order valence-electron chi connectivity index (χ2n) is 8.41. The number of tetrazole rings is 1. The van der Waals surface area contributed by atoms with E-state index in [2.05, 4.69) is 25.4 Å². The van der Waals surface area contributed by atoms with Crippen molar-refractivity contribution in [2.45, 2.75) is 50.6 Å². The second-order valence-corrected chi connectivity index (χ2v) is 8.41. The monoisotopic (exact) mass is 424 g/mol. The number of aromatic amines is 1. The number of ether oxygens (including phenoxy) is 2. The van der Waals surface area contributed by atoms with Crippen molar-refractivity contribution in [2.75, 3.05) is 27.3 Å². The molecule has 3 aromatic rings. The van der Waals surface area contributed by atoms with E-state index in [0.717, 1.165) is 50.0 Å². The summed E-state index contributed by atoms with van der Waals surface area (Å²) in [4.78, 5) is 18.7. The van der Waals surface area contributed by atoms with Crippen molar-refractivity contribution in [3.8, 4) is 11.5 Å². The Morgan fingerprint density at radius 3 is 2.45 bits per heavy atom. The summed E-state index contributed by atoms with van der Waals surface area (Å²) >= 11 is 0. The highest BCUT2D eigenvalue weighted by molar-refractivity contribution is 5.83. The minimum Gasteiger partial charge on any atom is -0.493 e. The number of rotatable bonds is 6. The summed E-state index contributed by atoms with van der Waals surface area (Å²) in [6.07, 6.45) is 6.76. The largest absolute Gasteiger partial charge is 0.493 e. The van der Waals surface area contributed by atoms with Gasteiger partial charge in [0.15, 0.2) is 17.3 Å². The van der Waals surface area contributed by atoms with Crippen molar-refractivity contribution >= 4 is 10.9 Å². The van der Waals surface area contributed by atoms with E-state index in [1.165, 1.54) is 12.8 Å². The van der Waals surface area contributed by atoms with Gasteiger partial charge in [-0.25, -0.2) is 4.68 Å². The first-order valence-electron chi connectivity index (χ1n) is 11.0. The number of pyridine rings is 1. The number of methoxy groups -OCH3 is 2. The summed E-state index contributed by atoms with van der Waals surface area (Å²) < 4.78 is 12.8. The van der Waals surface area contributed by atoms with Crippen LogP contribution >= 0.6 is 0 Å². The summed E-state index contributed by atoms with van der Waals surface area (Å²) in [6, 6.07) is 5.67. The maximum atomic E-state index is 13.3. The summed E-state index contributed by atoms with van der Waals surface area (Å²) in [5.41, 5.74) is 1.25. The lowest BCUT2D eigenvalue weighted by atomic mass is 10.0. The average Bonchev–Trinajstić information content (AvgIpc) is 3.55. The third-order valence-corrected chi connectivity index (χ3v) is 6.61. The molecule has 1 aliphatic carbocycles. The molecule has 9 nitrogen and oxygen atoms in total. The maximum Gasteiger partial charge on any atom is 0.253 e. The third kappa shape index (κ3) is 3.56. The first kappa shape index (κ1) is 20.0. The Morgan fingerprint density at radius 2 is 1.74 bits per heavy atom. The van der Waals surface area contributed by atoms with Crippen LogP contribution in [0.2, 0.25) is 0 Å². The van der Waals surface area contributed by atoms with Gasteiger partial charge in [0.2, 0.25) is 0 Å². The molecule has 1 saturated carbocycles. The SMILES string of the molecule is COc1cc2cc(C(c3nnnn3C3CCCC3)N3CCCC3)c(=O)[nH]c2cc1OC. The van der Waals surface area contributed by atoms with Crippen LogP contribution in [0.25, 0.3) is 10.9 Å². The highest BCUT2D eigenvalue weighted by Gasteiger charge is 2.34. The van der Waals surface area contributed by atoms with Gasteiger partial charge in [-0.3, -0.25) is 9.69 Å².